The molecule has 0 aromatic carbocycles. The first-order valence-electron chi connectivity index (χ1n) is 7.59. The maximum Gasteiger partial charge on any atom is 0.233 e. The molecule has 3 rings (SSSR count). The van der Waals surface area contributed by atoms with Crippen molar-refractivity contribution in [3.05, 3.63) is 17.0 Å². The van der Waals surface area contributed by atoms with E-state index in [0.29, 0.717) is 32.1 Å². The number of ether oxygens (including phenoxy) is 1. The van der Waals surface area contributed by atoms with Crippen LogP contribution in [0.4, 0.5) is 0 Å². The Balaban J connectivity index is 1.62. The largest absolute Gasteiger partial charge is 0.378 e. The van der Waals surface area contributed by atoms with Gasteiger partial charge >= 0.3 is 0 Å². The van der Waals surface area contributed by atoms with Gasteiger partial charge in [0.15, 0.2) is 5.16 Å². The molecule has 1 saturated heterocycles. The number of hydrogen-bond acceptors (Lipinski definition) is 5. The normalized spacial score (nSPS) is 18.4. The summed E-state index contributed by atoms with van der Waals surface area (Å²) in [6.45, 7) is 4.74. The van der Waals surface area contributed by atoms with Crippen molar-refractivity contribution in [3.63, 3.8) is 0 Å². The molecule has 1 amide bonds. The van der Waals surface area contributed by atoms with Crippen LogP contribution in [0.5, 0.6) is 0 Å². The Hall–Kier alpha value is -1.14. The van der Waals surface area contributed by atoms with Crippen molar-refractivity contribution >= 4 is 17.7 Å². The molecule has 0 unspecified atom stereocenters. The molecular formula is C15H21N3O2S. The Bertz CT molecular complexity index is 530. The van der Waals surface area contributed by atoms with Gasteiger partial charge in [0.25, 0.3) is 0 Å². The molecule has 6 heteroatoms. The maximum absolute atomic E-state index is 12.1. The highest BCUT2D eigenvalue weighted by molar-refractivity contribution is 7.99. The lowest BCUT2D eigenvalue weighted by Crippen LogP contribution is -2.41. The monoisotopic (exact) mass is 307 g/mol. The smallest absolute Gasteiger partial charge is 0.233 e. The summed E-state index contributed by atoms with van der Waals surface area (Å²) >= 11 is 1.45. The SMILES string of the molecule is Cc1nc(SCC(=O)N2CCOCC2)nc2c1CCCC2. The number of carbonyl (C=O) groups excluding carboxylic acids is 1. The number of aromatic nitrogens is 2. The van der Waals surface area contributed by atoms with Gasteiger partial charge in [-0.05, 0) is 38.2 Å². The van der Waals surface area contributed by atoms with Gasteiger partial charge in [-0.3, -0.25) is 4.79 Å². The summed E-state index contributed by atoms with van der Waals surface area (Å²) in [6, 6.07) is 0. The maximum atomic E-state index is 12.1. The van der Waals surface area contributed by atoms with Crippen LogP contribution in [0.15, 0.2) is 5.16 Å². The fourth-order valence-electron chi connectivity index (χ4n) is 2.85. The topological polar surface area (TPSA) is 55.3 Å². The number of rotatable bonds is 3. The number of morpholine rings is 1. The molecule has 114 valence electrons. The van der Waals surface area contributed by atoms with Crippen molar-refractivity contribution in [2.75, 3.05) is 32.1 Å². The molecule has 0 radical (unpaired) electrons. The van der Waals surface area contributed by atoms with Crippen LogP contribution in [0.2, 0.25) is 0 Å². The molecule has 2 heterocycles. The van der Waals surface area contributed by atoms with Gasteiger partial charge in [0, 0.05) is 24.5 Å². The minimum absolute atomic E-state index is 0.155. The van der Waals surface area contributed by atoms with Crippen LogP contribution in [0.3, 0.4) is 0 Å². The molecule has 21 heavy (non-hydrogen) atoms. The van der Waals surface area contributed by atoms with E-state index in [4.69, 9.17) is 4.74 Å². The molecule has 2 aliphatic rings. The van der Waals surface area contributed by atoms with Crippen LogP contribution < -0.4 is 0 Å². The minimum Gasteiger partial charge on any atom is -0.378 e. The second-order valence-electron chi connectivity index (χ2n) is 5.51. The molecule has 1 aromatic rings. The van der Waals surface area contributed by atoms with E-state index >= 15 is 0 Å². The summed E-state index contributed by atoms with van der Waals surface area (Å²) in [7, 11) is 0. The fourth-order valence-corrected chi connectivity index (χ4v) is 3.66. The Morgan fingerprint density at radius 2 is 2.00 bits per heavy atom. The van der Waals surface area contributed by atoms with Gasteiger partial charge in [-0.2, -0.15) is 0 Å². The summed E-state index contributed by atoms with van der Waals surface area (Å²) in [4.78, 5) is 23.2. The number of amides is 1. The van der Waals surface area contributed by atoms with E-state index in [2.05, 4.69) is 16.9 Å². The summed E-state index contributed by atoms with van der Waals surface area (Å²) in [5, 5.41) is 0.745. The van der Waals surface area contributed by atoms with Gasteiger partial charge < -0.3 is 9.64 Å². The fraction of sp³-hybridized carbons (Fsp3) is 0.667. The number of hydrogen-bond donors (Lipinski definition) is 0. The molecule has 0 spiro atoms. The van der Waals surface area contributed by atoms with Gasteiger partial charge in [-0.1, -0.05) is 11.8 Å². The van der Waals surface area contributed by atoms with E-state index in [1.807, 2.05) is 4.90 Å². The van der Waals surface area contributed by atoms with Crippen LogP contribution in [-0.2, 0) is 22.4 Å². The summed E-state index contributed by atoms with van der Waals surface area (Å²) in [6.07, 6.45) is 4.59. The van der Waals surface area contributed by atoms with Crippen LogP contribution in [0, 0.1) is 6.92 Å². The predicted molar refractivity (Wildman–Crippen MR) is 81.5 cm³/mol. The first-order valence-corrected chi connectivity index (χ1v) is 8.57. The molecule has 5 nitrogen and oxygen atoms in total. The van der Waals surface area contributed by atoms with Crippen LogP contribution in [0.1, 0.15) is 29.8 Å². The first kappa shape index (κ1) is 14.8. The zero-order valence-corrected chi connectivity index (χ0v) is 13.2. The van der Waals surface area contributed by atoms with E-state index < -0.39 is 0 Å². The Kier molecular flexibility index (Phi) is 4.75. The first-order chi connectivity index (χ1) is 10.2. The van der Waals surface area contributed by atoms with E-state index in [9.17, 15) is 4.79 Å². The van der Waals surface area contributed by atoms with Crippen molar-refractivity contribution in [2.24, 2.45) is 0 Å². The highest BCUT2D eigenvalue weighted by atomic mass is 32.2. The second kappa shape index (κ2) is 6.75. The molecule has 0 atom stereocenters. The Labute approximate surface area is 129 Å². The number of thioether (sulfide) groups is 1. The highest BCUT2D eigenvalue weighted by Gasteiger charge is 2.19. The van der Waals surface area contributed by atoms with E-state index in [1.165, 1.54) is 35.9 Å². The van der Waals surface area contributed by atoms with Crippen molar-refractivity contribution in [1.29, 1.82) is 0 Å². The molecule has 0 bridgehead atoms. The summed E-state index contributed by atoms with van der Waals surface area (Å²) in [5.41, 5.74) is 3.60. The van der Waals surface area contributed by atoms with Crippen molar-refractivity contribution in [3.8, 4) is 0 Å². The minimum atomic E-state index is 0.155. The number of carbonyl (C=O) groups is 1. The third kappa shape index (κ3) is 3.55. The highest BCUT2D eigenvalue weighted by Crippen LogP contribution is 2.24. The standard InChI is InChI=1S/C15H21N3O2S/c1-11-12-4-2-3-5-13(12)17-15(16-11)21-10-14(19)18-6-8-20-9-7-18/h2-10H2,1H3. The zero-order chi connectivity index (χ0) is 14.7. The van der Waals surface area contributed by atoms with Crippen LogP contribution in [-0.4, -0.2) is 52.8 Å². The Morgan fingerprint density at radius 1 is 1.24 bits per heavy atom. The molecule has 1 fully saturated rings. The van der Waals surface area contributed by atoms with Gasteiger partial charge in [0.05, 0.1) is 19.0 Å². The molecule has 0 saturated carbocycles. The van der Waals surface area contributed by atoms with Gasteiger partial charge in [0.2, 0.25) is 5.91 Å². The van der Waals surface area contributed by atoms with Gasteiger partial charge in [-0.25, -0.2) is 9.97 Å². The molecule has 1 aromatic heterocycles. The average molecular weight is 307 g/mol. The molecule has 1 aliphatic carbocycles. The van der Waals surface area contributed by atoms with Crippen LogP contribution in [0.25, 0.3) is 0 Å². The summed E-state index contributed by atoms with van der Waals surface area (Å²) < 4.78 is 5.27. The second-order valence-corrected chi connectivity index (χ2v) is 6.45. The van der Waals surface area contributed by atoms with E-state index in [0.717, 1.165) is 23.7 Å². The van der Waals surface area contributed by atoms with Crippen LogP contribution >= 0.6 is 11.8 Å². The van der Waals surface area contributed by atoms with Crippen molar-refractivity contribution < 1.29 is 9.53 Å². The van der Waals surface area contributed by atoms with Crippen molar-refractivity contribution in [1.82, 2.24) is 14.9 Å². The zero-order valence-electron chi connectivity index (χ0n) is 12.4. The molecular weight excluding hydrogens is 286 g/mol. The lowest BCUT2D eigenvalue weighted by molar-refractivity contribution is -0.132. The average Bonchev–Trinajstić information content (AvgIpc) is 2.53. The number of aryl methyl sites for hydroxylation is 2. The van der Waals surface area contributed by atoms with E-state index in [1.54, 1.807) is 0 Å². The van der Waals surface area contributed by atoms with Gasteiger partial charge in [0.1, 0.15) is 0 Å². The lowest BCUT2D eigenvalue weighted by atomic mass is 9.95. The predicted octanol–water partition coefficient (Wildman–Crippen LogP) is 1.61. The quantitative estimate of drug-likeness (QED) is 0.627. The number of fused-ring (bicyclic) bond motifs is 1. The van der Waals surface area contributed by atoms with E-state index in [-0.39, 0.29) is 5.91 Å². The number of nitrogens with zero attached hydrogens (tertiary/aromatic N) is 3. The molecule has 0 N–H and O–H groups in total. The molecule has 1 aliphatic heterocycles. The lowest BCUT2D eigenvalue weighted by Gasteiger charge is -2.26. The third-order valence-corrected chi connectivity index (χ3v) is 4.89. The third-order valence-electron chi connectivity index (χ3n) is 4.06. The summed E-state index contributed by atoms with van der Waals surface area (Å²) in [5.74, 6) is 0.570. The van der Waals surface area contributed by atoms with Crippen molar-refractivity contribution in [2.45, 2.75) is 37.8 Å². The van der Waals surface area contributed by atoms with Gasteiger partial charge in [-0.15, -0.1) is 0 Å². The Morgan fingerprint density at radius 3 is 2.81 bits per heavy atom.